The van der Waals surface area contributed by atoms with Crippen molar-refractivity contribution in [2.24, 2.45) is 5.92 Å². The zero-order chi connectivity index (χ0) is 34.0. The number of rotatable bonds is 8. The highest BCUT2D eigenvalue weighted by Gasteiger charge is 2.30. The summed E-state index contributed by atoms with van der Waals surface area (Å²) in [5.74, 6) is 1.60. The molecular weight excluding hydrogens is 612 g/mol. The van der Waals surface area contributed by atoms with Gasteiger partial charge in [-0.3, -0.25) is 9.69 Å². The van der Waals surface area contributed by atoms with Gasteiger partial charge in [-0.25, -0.2) is 4.79 Å². The van der Waals surface area contributed by atoms with Gasteiger partial charge in [0.25, 0.3) is 5.91 Å². The Morgan fingerprint density at radius 1 is 0.979 bits per heavy atom. The Morgan fingerprint density at radius 2 is 1.73 bits per heavy atom. The second-order valence-electron chi connectivity index (χ2n) is 12.8. The first-order valence-corrected chi connectivity index (χ1v) is 16.7. The van der Waals surface area contributed by atoms with Crippen LogP contribution < -0.4 is 24.8 Å². The minimum atomic E-state index is -0.469. The molecule has 0 spiro atoms. The Labute approximate surface area is 283 Å². The molecule has 0 saturated carbocycles. The van der Waals surface area contributed by atoms with Gasteiger partial charge < -0.3 is 39.6 Å². The monoisotopic (exact) mass is 660 g/mol. The molecule has 0 radical (unpaired) electrons. The van der Waals surface area contributed by atoms with Crippen molar-refractivity contribution in [2.75, 3.05) is 50.8 Å². The first-order chi connectivity index (χ1) is 23.2. The first-order valence-electron chi connectivity index (χ1n) is 16.7. The number of nitrogens with zero attached hydrogens (tertiary/aromatic N) is 2. The zero-order valence-electron chi connectivity index (χ0n) is 28.3. The summed E-state index contributed by atoms with van der Waals surface area (Å²) < 4.78 is 23.9. The molecule has 3 N–H and O–H groups in total. The smallest absolute Gasteiger partial charge is 0.323 e. The van der Waals surface area contributed by atoms with Gasteiger partial charge in [0.1, 0.15) is 5.75 Å². The van der Waals surface area contributed by atoms with Crippen molar-refractivity contribution in [3.63, 3.8) is 0 Å². The SMILES string of the molecule is C[C@@H]1CN([C@@H](C)CO)C(=O)c2cc(NC(=O)Nc3ccccc3)ccc2O[C@@H](C)CCCCO[C@@H]1CN(C)Cc1ccc2c(c1)OCO2. The maximum Gasteiger partial charge on any atom is 0.323 e. The lowest BCUT2D eigenvalue weighted by Gasteiger charge is -2.36. The number of likely N-dealkylation sites (N-methyl/N-ethyl adjacent to an activating group) is 1. The fourth-order valence-electron chi connectivity index (χ4n) is 6.00. The maximum absolute atomic E-state index is 14.4. The fourth-order valence-corrected chi connectivity index (χ4v) is 6.00. The second-order valence-corrected chi connectivity index (χ2v) is 12.8. The quantitative estimate of drug-likeness (QED) is 0.270. The van der Waals surface area contributed by atoms with Gasteiger partial charge in [-0.2, -0.15) is 0 Å². The Morgan fingerprint density at radius 3 is 2.52 bits per heavy atom. The van der Waals surface area contributed by atoms with Crippen LogP contribution in [0.2, 0.25) is 0 Å². The molecule has 0 aliphatic carbocycles. The van der Waals surface area contributed by atoms with E-state index in [0.29, 0.717) is 48.9 Å². The molecule has 48 heavy (non-hydrogen) atoms. The highest BCUT2D eigenvalue weighted by atomic mass is 16.7. The van der Waals surface area contributed by atoms with Crippen molar-refractivity contribution in [3.8, 4) is 17.2 Å². The van der Waals surface area contributed by atoms with Crippen molar-refractivity contribution in [3.05, 3.63) is 77.9 Å². The largest absolute Gasteiger partial charge is 0.490 e. The molecule has 3 amide bonds. The summed E-state index contributed by atoms with van der Waals surface area (Å²) >= 11 is 0. The van der Waals surface area contributed by atoms with E-state index in [2.05, 4.69) is 29.5 Å². The Kier molecular flexibility index (Phi) is 12.2. The van der Waals surface area contributed by atoms with E-state index in [1.807, 2.05) is 50.2 Å². The topological polar surface area (TPSA) is 122 Å². The van der Waals surface area contributed by atoms with E-state index in [1.54, 1.807) is 35.2 Å². The second kappa shape index (κ2) is 16.7. The summed E-state index contributed by atoms with van der Waals surface area (Å²) in [6.07, 6.45) is 2.26. The molecule has 11 heteroatoms. The molecule has 2 heterocycles. The van der Waals surface area contributed by atoms with E-state index >= 15 is 0 Å². The molecule has 0 saturated heterocycles. The average molecular weight is 661 g/mol. The number of amides is 3. The lowest BCUT2D eigenvalue weighted by Crippen LogP contribution is -2.47. The molecule has 5 rings (SSSR count). The summed E-state index contributed by atoms with van der Waals surface area (Å²) in [4.78, 5) is 31.1. The number of fused-ring (bicyclic) bond motifs is 2. The molecule has 0 unspecified atom stereocenters. The highest BCUT2D eigenvalue weighted by Crippen LogP contribution is 2.33. The predicted octanol–water partition coefficient (Wildman–Crippen LogP) is 5.99. The number of aliphatic hydroxyl groups excluding tert-OH is 1. The maximum atomic E-state index is 14.4. The average Bonchev–Trinajstić information content (AvgIpc) is 3.54. The first kappa shape index (κ1) is 35.0. The van der Waals surface area contributed by atoms with Gasteiger partial charge in [0.05, 0.1) is 30.4 Å². The molecule has 2 aliphatic heterocycles. The number of benzene rings is 3. The van der Waals surface area contributed by atoms with Crippen molar-refractivity contribution >= 4 is 23.3 Å². The van der Waals surface area contributed by atoms with E-state index < -0.39 is 12.1 Å². The molecule has 11 nitrogen and oxygen atoms in total. The number of hydrogen-bond acceptors (Lipinski definition) is 8. The van der Waals surface area contributed by atoms with Gasteiger partial charge >= 0.3 is 6.03 Å². The van der Waals surface area contributed by atoms with Crippen LogP contribution in [0.3, 0.4) is 0 Å². The van der Waals surface area contributed by atoms with Crippen LogP contribution in [0.1, 0.15) is 56.0 Å². The summed E-state index contributed by atoms with van der Waals surface area (Å²) in [5.41, 5.74) is 2.52. The minimum absolute atomic E-state index is 0.0636. The van der Waals surface area contributed by atoms with Crippen LogP contribution in [0, 0.1) is 5.92 Å². The van der Waals surface area contributed by atoms with Crippen LogP contribution >= 0.6 is 0 Å². The van der Waals surface area contributed by atoms with Gasteiger partial charge in [0.15, 0.2) is 11.5 Å². The lowest BCUT2D eigenvalue weighted by atomic mass is 10.0. The molecule has 3 aromatic carbocycles. The zero-order valence-corrected chi connectivity index (χ0v) is 28.3. The predicted molar refractivity (Wildman–Crippen MR) is 185 cm³/mol. The highest BCUT2D eigenvalue weighted by molar-refractivity contribution is 6.02. The number of aliphatic hydroxyl groups is 1. The number of ether oxygens (including phenoxy) is 4. The normalized spacial score (nSPS) is 20.8. The van der Waals surface area contributed by atoms with E-state index in [-0.39, 0.29) is 37.4 Å². The number of carbonyl (C=O) groups is 2. The summed E-state index contributed by atoms with van der Waals surface area (Å²) in [7, 11) is 2.06. The summed E-state index contributed by atoms with van der Waals surface area (Å²) in [6.45, 7) is 8.21. The third-order valence-corrected chi connectivity index (χ3v) is 8.72. The van der Waals surface area contributed by atoms with Gasteiger partial charge in [-0.05, 0) is 88.2 Å². The molecule has 0 bridgehead atoms. The molecule has 258 valence electrons. The number of urea groups is 1. The van der Waals surface area contributed by atoms with Crippen molar-refractivity contribution in [1.82, 2.24) is 9.80 Å². The Bertz CT molecular complexity index is 1520. The Hall–Kier alpha value is -4.32. The van der Waals surface area contributed by atoms with Crippen LogP contribution in [-0.4, -0.2) is 85.2 Å². The number of hydrogen-bond donors (Lipinski definition) is 3. The van der Waals surface area contributed by atoms with E-state index in [9.17, 15) is 14.7 Å². The van der Waals surface area contributed by atoms with Gasteiger partial charge in [-0.1, -0.05) is 31.2 Å². The lowest BCUT2D eigenvalue weighted by molar-refractivity contribution is -0.0177. The summed E-state index contributed by atoms with van der Waals surface area (Å²) in [5, 5.41) is 15.9. The summed E-state index contributed by atoms with van der Waals surface area (Å²) in [6, 6.07) is 19.3. The van der Waals surface area contributed by atoms with Gasteiger partial charge in [-0.15, -0.1) is 0 Å². The third kappa shape index (κ3) is 9.40. The number of anilines is 2. The van der Waals surface area contributed by atoms with Gasteiger partial charge in [0.2, 0.25) is 6.79 Å². The van der Waals surface area contributed by atoms with Crippen LogP contribution in [0.5, 0.6) is 17.2 Å². The molecule has 0 aromatic heterocycles. The third-order valence-electron chi connectivity index (χ3n) is 8.72. The van der Waals surface area contributed by atoms with Crippen molar-refractivity contribution in [2.45, 2.75) is 64.8 Å². The standard InChI is InChI=1S/C37H48N4O7/c1-25-20-41(26(2)23-42)36(43)31-19-30(39-37(44)38-29-11-6-5-7-12-29)14-16-32(31)48-27(3)10-8-9-17-45-35(25)22-40(4)21-28-13-15-33-34(18-28)47-24-46-33/h5-7,11-16,18-19,25-27,35,42H,8-10,17,20-24H2,1-4H3,(H2,38,39,44)/t25-,26+,27+,35-/m1/s1. The van der Waals surface area contributed by atoms with E-state index in [4.69, 9.17) is 18.9 Å². The van der Waals surface area contributed by atoms with E-state index in [0.717, 1.165) is 36.3 Å². The van der Waals surface area contributed by atoms with Crippen molar-refractivity contribution < 1.29 is 33.6 Å². The van der Waals surface area contributed by atoms with Crippen LogP contribution in [-0.2, 0) is 11.3 Å². The molecule has 0 fully saturated rings. The number of carbonyl (C=O) groups excluding carboxylic acids is 2. The molecular formula is C37H48N4O7. The van der Waals surface area contributed by atoms with Gasteiger partial charge in [0, 0.05) is 43.5 Å². The van der Waals surface area contributed by atoms with Crippen LogP contribution in [0.25, 0.3) is 0 Å². The molecule has 3 aromatic rings. The fraction of sp³-hybridized carbons (Fsp3) is 0.459. The Balaban J connectivity index is 1.36. The number of nitrogens with one attached hydrogen (secondary N) is 2. The molecule has 4 atom stereocenters. The van der Waals surface area contributed by atoms with E-state index in [1.165, 1.54) is 0 Å². The number of para-hydroxylation sites is 1. The molecule has 2 aliphatic rings. The van der Waals surface area contributed by atoms with Crippen LogP contribution in [0.15, 0.2) is 66.7 Å². The van der Waals surface area contributed by atoms with Crippen LogP contribution in [0.4, 0.5) is 16.2 Å². The minimum Gasteiger partial charge on any atom is -0.490 e. The van der Waals surface area contributed by atoms with Crippen molar-refractivity contribution in [1.29, 1.82) is 0 Å².